The highest BCUT2D eigenvalue weighted by Crippen LogP contribution is 2.26. The van der Waals surface area contributed by atoms with Crippen molar-refractivity contribution < 1.29 is 19.0 Å². The van der Waals surface area contributed by atoms with Gasteiger partial charge in [0.05, 0.1) is 12.7 Å². The number of carboxylic acids is 1. The molecule has 1 aromatic heterocycles. The lowest BCUT2D eigenvalue weighted by atomic mass is 10.0. The molecule has 0 saturated heterocycles. The van der Waals surface area contributed by atoms with Gasteiger partial charge in [-0.2, -0.15) is 0 Å². The van der Waals surface area contributed by atoms with Crippen LogP contribution >= 0.6 is 0 Å². The number of pyridine rings is 1. The molecule has 0 atom stereocenters. The van der Waals surface area contributed by atoms with Crippen LogP contribution in [0.1, 0.15) is 10.4 Å². The molecule has 2 aromatic rings. The third-order valence-corrected chi connectivity index (χ3v) is 2.47. The maximum absolute atomic E-state index is 13.2. The summed E-state index contributed by atoms with van der Waals surface area (Å²) in [5, 5.41) is 9.08. The Bertz CT molecular complexity index is 599. The molecule has 0 fully saturated rings. The van der Waals surface area contributed by atoms with Gasteiger partial charge in [0.2, 0.25) is 5.88 Å². The number of hydrogen-bond acceptors (Lipinski definition) is 3. The summed E-state index contributed by atoms with van der Waals surface area (Å²) in [4.78, 5) is 15.0. The summed E-state index contributed by atoms with van der Waals surface area (Å²) in [6.45, 7) is 0. The first kappa shape index (κ1) is 12.0. The number of aromatic carboxylic acids is 1. The average molecular weight is 247 g/mol. The molecule has 4 nitrogen and oxygen atoms in total. The van der Waals surface area contributed by atoms with Gasteiger partial charge in [0, 0.05) is 12.3 Å². The van der Waals surface area contributed by atoms with Crippen molar-refractivity contribution in [1.29, 1.82) is 0 Å². The van der Waals surface area contributed by atoms with Gasteiger partial charge in [0.15, 0.2) is 0 Å². The van der Waals surface area contributed by atoms with Crippen LogP contribution < -0.4 is 4.74 Å². The molecule has 92 valence electrons. The Morgan fingerprint density at radius 1 is 1.33 bits per heavy atom. The van der Waals surface area contributed by atoms with Crippen molar-refractivity contribution in [3.63, 3.8) is 0 Å². The molecule has 0 spiro atoms. The third kappa shape index (κ3) is 2.29. The van der Waals surface area contributed by atoms with Crippen LogP contribution in [0.3, 0.4) is 0 Å². The zero-order valence-electron chi connectivity index (χ0n) is 9.55. The van der Waals surface area contributed by atoms with E-state index in [1.165, 1.54) is 25.4 Å². The number of nitrogens with zero attached hydrogens (tertiary/aromatic N) is 1. The summed E-state index contributed by atoms with van der Waals surface area (Å²) in [6, 6.07) is 6.69. The number of carboxylic acid groups (broad SMARTS) is 1. The highest BCUT2D eigenvalue weighted by atomic mass is 19.1. The molecule has 1 N–H and O–H groups in total. The van der Waals surface area contributed by atoms with Crippen molar-refractivity contribution in [2.45, 2.75) is 0 Å². The average Bonchev–Trinajstić information content (AvgIpc) is 2.38. The topological polar surface area (TPSA) is 59.4 Å². The minimum Gasteiger partial charge on any atom is -0.481 e. The second-order valence-corrected chi connectivity index (χ2v) is 3.58. The largest absolute Gasteiger partial charge is 0.481 e. The van der Waals surface area contributed by atoms with Crippen LogP contribution in [0.2, 0.25) is 0 Å². The van der Waals surface area contributed by atoms with E-state index in [9.17, 15) is 9.18 Å². The van der Waals surface area contributed by atoms with E-state index in [-0.39, 0.29) is 5.56 Å². The van der Waals surface area contributed by atoms with Gasteiger partial charge in [-0.05, 0) is 35.4 Å². The number of rotatable bonds is 3. The van der Waals surface area contributed by atoms with E-state index < -0.39 is 11.8 Å². The summed E-state index contributed by atoms with van der Waals surface area (Å²) in [6.07, 6.45) is 1.48. The van der Waals surface area contributed by atoms with Gasteiger partial charge >= 0.3 is 5.97 Å². The van der Waals surface area contributed by atoms with Crippen LogP contribution in [-0.4, -0.2) is 23.2 Å². The second kappa shape index (κ2) is 4.83. The summed E-state index contributed by atoms with van der Waals surface area (Å²) in [7, 11) is 1.45. The summed E-state index contributed by atoms with van der Waals surface area (Å²) in [5.41, 5.74) is 0.867. The van der Waals surface area contributed by atoms with Crippen molar-refractivity contribution >= 4 is 5.97 Å². The fourth-order valence-corrected chi connectivity index (χ4v) is 1.63. The van der Waals surface area contributed by atoms with Gasteiger partial charge in [0.25, 0.3) is 0 Å². The maximum atomic E-state index is 13.2. The summed E-state index contributed by atoms with van der Waals surface area (Å²) < 4.78 is 18.2. The number of hydrogen-bond donors (Lipinski definition) is 1. The zero-order valence-corrected chi connectivity index (χ0v) is 9.55. The monoisotopic (exact) mass is 247 g/mol. The molecule has 0 unspecified atom stereocenters. The van der Waals surface area contributed by atoms with Crippen molar-refractivity contribution in [3.05, 3.63) is 47.9 Å². The first-order valence-electron chi connectivity index (χ1n) is 5.15. The minimum absolute atomic E-state index is 0.0321. The molecule has 0 saturated carbocycles. The van der Waals surface area contributed by atoms with Crippen LogP contribution in [0.25, 0.3) is 11.1 Å². The first-order valence-corrected chi connectivity index (χ1v) is 5.15. The van der Waals surface area contributed by atoms with Crippen molar-refractivity contribution in [2.75, 3.05) is 7.11 Å². The van der Waals surface area contributed by atoms with Crippen molar-refractivity contribution in [1.82, 2.24) is 4.98 Å². The van der Waals surface area contributed by atoms with Gasteiger partial charge < -0.3 is 9.84 Å². The van der Waals surface area contributed by atoms with E-state index in [1.807, 2.05) is 0 Å². The van der Waals surface area contributed by atoms with Gasteiger partial charge in [-0.25, -0.2) is 14.2 Å². The van der Waals surface area contributed by atoms with E-state index in [0.29, 0.717) is 17.0 Å². The predicted octanol–water partition coefficient (Wildman–Crippen LogP) is 2.59. The number of aromatic nitrogens is 1. The Labute approximate surface area is 103 Å². The van der Waals surface area contributed by atoms with Crippen LogP contribution in [0, 0.1) is 5.82 Å². The van der Waals surface area contributed by atoms with E-state index in [0.717, 1.165) is 6.07 Å². The van der Waals surface area contributed by atoms with Crippen molar-refractivity contribution in [2.24, 2.45) is 0 Å². The molecule has 2 rings (SSSR count). The maximum Gasteiger partial charge on any atom is 0.336 e. The van der Waals surface area contributed by atoms with E-state index in [2.05, 4.69) is 4.98 Å². The van der Waals surface area contributed by atoms with Gasteiger partial charge in [0.1, 0.15) is 5.82 Å². The molecule has 0 bridgehead atoms. The summed E-state index contributed by atoms with van der Waals surface area (Å²) >= 11 is 0. The van der Waals surface area contributed by atoms with E-state index in [1.54, 1.807) is 12.1 Å². The fourth-order valence-electron chi connectivity index (χ4n) is 1.63. The number of carbonyl (C=O) groups is 1. The molecular weight excluding hydrogens is 237 g/mol. The normalized spacial score (nSPS) is 10.1. The third-order valence-electron chi connectivity index (χ3n) is 2.47. The van der Waals surface area contributed by atoms with Crippen LogP contribution in [-0.2, 0) is 0 Å². The fraction of sp³-hybridized carbons (Fsp3) is 0.0769. The quantitative estimate of drug-likeness (QED) is 0.905. The standard InChI is InChI=1S/C13H10FNO3/c1-18-12-6-8(4-5-15-12)11-7-9(14)2-3-10(11)13(16)17/h2-7H,1H3,(H,16,17). The SMILES string of the molecule is COc1cc(-c2cc(F)ccc2C(=O)O)ccn1. The van der Waals surface area contributed by atoms with Crippen LogP contribution in [0.5, 0.6) is 5.88 Å². The Kier molecular flexibility index (Phi) is 3.23. The molecule has 1 aromatic carbocycles. The number of methoxy groups -OCH3 is 1. The molecule has 0 aliphatic heterocycles. The van der Waals surface area contributed by atoms with Gasteiger partial charge in [-0.1, -0.05) is 0 Å². The Hall–Kier alpha value is -2.43. The Morgan fingerprint density at radius 2 is 2.11 bits per heavy atom. The molecule has 18 heavy (non-hydrogen) atoms. The molecular formula is C13H10FNO3. The number of benzene rings is 1. The summed E-state index contributed by atoms with van der Waals surface area (Å²) in [5.74, 6) is -1.26. The van der Waals surface area contributed by atoms with Crippen LogP contribution in [0.4, 0.5) is 4.39 Å². The lowest BCUT2D eigenvalue weighted by molar-refractivity contribution is 0.0697. The highest BCUT2D eigenvalue weighted by Gasteiger charge is 2.13. The second-order valence-electron chi connectivity index (χ2n) is 3.58. The zero-order chi connectivity index (χ0) is 13.1. The van der Waals surface area contributed by atoms with Gasteiger partial charge in [-0.3, -0.25) is 0 Å². The van der Waals surface area contributed by atoms with Crippen molar-refractivity contribution in [3.8, 4) is 17.0 Å². The molecule has 0 radical (unpaired) electrons. The highest BCUT2D eigenvalue weighted by molar-refractivity contribution is 5.96. The first-order chi connectivity index (χ1) is 8.61. The van der Waals surface area contributed by atoms with Crippen LogP contribution in [0.15, 0.2) is 36.5 Å². The smallest absolute Gasteiger partial charge is 0.336 e. The Balaban J connectivity index is 2.61. The molecule has 1 heterocycles. The van der Waals surface area contributed by atoms with E-state index in [4.69, 9.17) is 9.84 Å². The minimum atomic E-state index is -1.11. The number of halogens is 1. The predicted molar refractivity (Wildman–Crippen MR) is 63.1 cm³/mol. The molecule has 0 amide bonds. The van der Waals surface area contributed by atoms with E-state index >= 15 is 0 Å². The Morgan fingerprint density at radius 3 is 2.78 bits per heavy atom. The van der Waals surface area contributed by atoms with Gasteiger partial charge in [-0.15, -0.1) is 0 Å². The lowest BCUT2D eigenvalue weighted by Crippen LogP contribution is -2.00. The molecule has 0 aliphatic carbocycles. The molecule has 5 heteroatoms. The number of ether oxygens (including phenoxy) is 1. The molecule has 0 aliphatic rings. The lowest BCUT2D eigenvalue weighted by Gasteiger charge is -2.07.